The van der Waals surface area contributed by atoms with Crippen LogP contribution in [0.4, 0.5) is 0 Å². The van der Waals surface area contributed by atoms with Gasteiger partial charge in [-0.25, -0.2) is 9.97 Å². The highest BCUT2D eigenvalue weighted by molar-refractivity contribution is 5.68. The first-order valence-corrected chi connectivity index (χ1v) is 6.43. The Labute approximate surface area is 117 Å². The summed E-state index contributed by atoms with van der Waals surface area (Å²) in [7, 11) is 0. The van der Waals surface area contributed by atoms with Gasteiger partial charge in [-0.1, -0.05) is 54.6 Å². The second kappa shape index (κ2) is 5.63. The van der Waals surface area contributed by atoms with Crippen LogP contribution in [0.5, 0.6) is 0 Å². The molecule has 98 valence electrons. The first-order valence-electron chi connectivity index (χ1n) is 6.43. The average Bonchev–Trinajstić information content (AvgIpc) is 2.56. The molecule has 1 unspecified atom stereocenters. The molecule has 1 atom stereocenters. The van der Waals surface area contributed by atoms with Crippen molar-refractivity contribution >= 4 is 0 Å². The van der Waals surface area contributed by atoms with Gasteiger partial charge in [0.1, 0.15) is 12.4 Å². The highest BCUT2D eigenvalue weighted by Crippen LogP contribution is 2.31. The van der Waals surface area contributed by atoms with Gasteiger partial charge in [-0.3, -0.25) is 0 Å². The molecule has 0 aliphatic rings. The van der Waals surface area contributed by atoms with Gasteiger partial charge < -0.3 is 5.11 Å². The van der Waals surface area contributed by atoms with Crippen molar-refractivity contribution in [2.75, 3.05) is 0 Å². The van der Waals surface area contributed by atoms with E-state index >= 15 is 0 Å². The van der Waals surface area contributed by atoms with Crippen LogP contribution in [0, 0.1) is 0 Å². The summed E-state index contributed by atoms with van der Waals surface area (Å²) < 4.78 is 0. The third-order valence-corrected chi connectivity index (χ3v) is 3.24. The maximum Gasteiger partial charge on any atom is 0.115 e. The number of rotatable bonds is 3. The average molecular weight is 262 g/mol. The third kappa shape index (κ3) is 2.44. The fourth-order valence-electron chi connectivity index (χ4n) is 2.25. The van der Waals surface area contributed by atoms with Crippen molar-refractivity contribution in [3.8, 4) is 11.1 Å². The molecule has 0 aliphatic heterocycles. The molecule has 0 bridgehead atoms. The van der Waals surface area contributed by atoms with Crippen molar-refractivity contribution in [2.24, 2.45) is 0 Å². The van der Waals surface area contributed by atoms with Crippen LogP contribution in [-0.4, -0.2) is 15.1 Å². The predicted octanol–water partition coefficient (Wildman–Crippen LogP) is 3.23. The molecule has 0 aliphatic carbocycles. The Morgan fingerprint density at radius 2 is 1.45 bits per heavy atom. The Morgan fingerprint density at radius 1 is 0.800 bits per heavy atom. The molecule has 0 saturated heterocycles. The van der Waals surface area contributed by atoms with E-state index in [1.54, 1.807) is 12.4 Å². The van der Waals surface area contributed by atoms with Gasteiger partial charge in [0, 0.05) is 18.0 Å². The minimum absolute atomic E-state index is 0.691. The van der Waals surface area contributed by atoms with Crippen molar-refractivity contribution in [3.05, 3.63) is 84.4 Å². The van der Waals surface area contributed by atoms with E-state index in [0.717, 1.165) is 16.7 Å². The Bertz CT molecular complexity index is 684. The summed E-state index contributed by atoms with van der Waals surface area (Å²) in [5.74, 6) is 0. The summed E-state index contributed by atoms with van der Waals surface area (Å²) in [4.78, 5) is 7.93. The summed E-state index contributed by atoms with van der Waals surface area (Å²) in [6, 6.07) is 17.9. The van der Waals surface area contributed by atoms with Crippen LogP contribution < -0.4 is 0 Å². The van der Waals surface area contributed by atoms with Gasteiger partial charge in [0.15, 0.2) is 0 Å². The zero-order valence-corrected chi connectivity index (χ0v) is 10.8. The normalized spacial score (nSPS) is 12.1. The molecule has 1 aromatic heterocycles. The van der Waals surface area contributed by atoms with Crippen LogP contribution in [0.1, 0.15) is 17.2 Å². The third-order valence-electron chi connectivity index (χ3n) is 3.24. The second-order valence-electron chi connectivity index (χ2n) is 4.53. The summed E-state index contributed by atoms with van der Waals surface area (Å²) in [6.45, 7) is 0. The maximum atomic E-state index is 10.6. The molecule has 0 amide bonds. The van der Waals surface area contributed by atoms with Gasteiger partial charge >= 0.3 is 0 Å². The monoisotopic (exact) mass is 262 g/mol. The van der Waals surface area contributed by atoms with Crippen LogP contribution in [0.2, 0.25) is 0 Å². The molecule has 2 aromatic carbocycles. The molecule has 3 aromatic rings. The smallest absolute Gasteiger partial charge is 0.115 e. The zero-order valence-electron chi connectivity index (χ0n) is 10.8. The lowest BCUT2D eigenvalue weighted by Crippen LogP contribution is -2.02. The number of hydrogen-bond donors (Lipinski definition) is 1. The summed E-state index contributed by atoms with van der Waals surface area (Å²) >= 11 is 0. The number of benzene rings is 2. The minimum atomic E-state index is -0.729. The number of aliphatic hydroxyl groups is 1. The molecule has 1 N–H and O–H groups in total. The van der Waals surface area contributed by atoms with E-state index in [9.17, 15) is 5.11 Å². The van der Waals surface area contributed by atoms with Gasteiger partial charge in [-0.15, -0.1) is 0 Å². The maximum absolute atomic E-state index is 10.6. The molecule has 3 nitrogen and oxygen atoms in total. The molecule has 0 saturated carbocycles. The first kappa shape index (κ1) is 12.5. The van der Waals surface area contributed by atoms with E-state index in [0.29, 0.717) is 5.56 Å². The van der Waals surface area contributed by atoms with Crippen molar-refractivity contribution in [3.63, 3.8) is 0 Å². The summed E-state index contributed by atoms with van der Waals surface area (Å²) in [5, 5.41) is 10.6. The molecule has 0 spiro atoms. The van der Waals surface area contributed by atoms with Crippen molar-refractivity contribution in [1.82, 2.24) is 9.97 Å². The molecule has 3 rings (SSSR count). The standard InChI is InChI=1S/C17H14N2O/c20-17(14-10-18-12-19-11-14)16-9-5-4-8-15(16)13-6-2-1-3-7-13/h1-12,17,20H. The van der Waals surface area contributed by atoms with E-state index in [-0.39, 0.29) is 0 Å². The molecule has 1 heterocycles. The number of aromatic nitrogens is 2. The summed E-state index contributed by atoms with van der Waals surface area (Å²) in [6.07, 6.45) is 4.01. The fourth-order valence-corrected chi connectivity index (χ4v) is 2.25. The zero-order chi connectivity index (χ0) is 13.8. The number of nitrogens with zero attached hydrogens (tertiary/aromatic N) is 2. The van der Waals surface area contributed by atoms with Crippen LogP contribution in [0.25, 0.3) is 11.1 Å². The van der Waals surface area contributed by atoms with E-state index < -0.39 is 6.10 Å². The van der Waals surface area contributed by atoms with Crippen LogP contribution >= 0.6 is 0 Å². The minimum Gasteiger partial charge on any atom is -0.384 e. The van der Waals surface area contributed by atoms with Gasteiger partial charge in [-0.05, 0) is 16.7 Å². The highest BCUT2D eigenvalue weighted by Gasteiger charge is 2.15. The lowest BCUT2D eigenvalue weighted by atomic mass is 9.94. The topological polar surface area (TPSA) is 46.0 Å². The predicted molar refractivity (Wildman–Crippen MR) is 78.0 cm³/mol. The van der Waals surface area contributed by atoms with Crippen molar-refractivity contribution in [1.29, 1.82) is 0 Å². The van der Waals surface area contributed by atoms with Crippen molar-refractivity contribution < 1.29 is 5.11 Å². The Hall–Kier alpha value is -2.52. The molecule has 3 heteroatoms. The number of aliphatic hydroxyl groups excluding tert-OH is 1. The molecule has 0 radical (unpaired) electrons. The lowest BCUT2D eigenvalue weighted by Gasteiger charge is -2.15. The fraction of sp³-hybridized carbons (Fsp3) is 0.0588. The lowest BCUT2D eigenvalue weighted by molar-refractivity contribution is 0.220. The van der Waals surface area contributed by atoms with Gasteiger partial charge in [0.05, 0.1) is 0 Å². The Balaban J connectivity index is 2.07. The van der Waals surface area contributed by atoms with Crippen LogP contribution in [0.3, 0.4) is 0 Å². The Morgan fingerprint density at radius 3 is 2.20 bits per heavy atom. The van der Waals surface area contributed by atoms with Gasteiger partial charge in [-0.2, -0.15) is 0 Å². The highest BCUT2D eigenvalue weighted by atomic mass is 16.3. The van der Waals surface area contributed by atoms with E-state index in [1.807, 2.05) is 54.6 Å². The second-order valence-corrected chi connectivity index (χ2v) is 4.53. The quantitative estimate of drug-likeness (QED) is 0.788. The molecular formula is C17H14N2O. The van der Waals surface area contributed by atoms with Crippen LogP contribution in [-0.2, 0) is 0 Å². The van der Waals surface area contributed by atoms with E-state index in [4.69, 9.17) is 0 Å². The van der Waals surface area contributed by atoms with E-state index in [2.05, 4.69) is 9.97 Å². The number of hydrogen-bond acceptors (Lipinski definition) is 3. The molecule has 0 fully saturated rings. The van der Waals surface area contributed by atoms with Gasteiger partial charge in [0.2, 0.25) is 0 Å². The van der Waals surface area contributed by atoms with Gasteiger partial charge in [0.25, 0.3) is 0 Å². The molecular weight excluding hydrogens is 248 g/mol. The summed E-state index contributed by atoms with van der Waals surface area (Å²) in [5.41, 5.74) is 3.65. The van der Waals surface area contributed by atoms with Crippen LogP contribution in [0.15, 0.2) is 73.3 Å². The molecule has 20 heavy (non-hydrogen) atoms. The largest absolute Gasteiger partial charge is 0.384 e. The first-order chi connectivity index (χ1) is 9.86. The SMILES string of the molecule is OC(c1cncnc1)c1ccccc1-c1ccccc1. The van der Waals surface area contributed by atoms with E-state index in [1.165, 1.54) is 6.33 Å². The Kier molecular flexibility index (Phi) is 3.52. The van der Waals surface area contributed by atoms with Crippen molar-refractivity contribution in [2.45, 2.75) is 6.10 Å².